The van der Waals surface area contributed by atoms with Gasteiger partial charge in [0.25, 0.3) is 0 Å². The van der Waals surface area contributed by atoms with Gasteiger partial charge in [0.05, 0.1) is 17.0 Å². The summed E-state index contributed by atoms with van der Waals surface area (Å²) in [5.74, 6) is 0.0149. The Morgan fingerprint density at radius 2 is 1.96 bits per heavy atom. The lowest BCUT2D eigenvalue weighted by Gasteiger charge is -2.24. The molecule has 0 unspecified atom stereocenters. The molecule has 0 aromatic heterocycles. The molecule has 2 saturated heterocycles. The van der Waals surface area contributed by atoms with Gasteiger partial charge in [-0.2, -0.15) is 4.31 Å². The third kappa shape index (κ3) is 2.70. The zero-order valence-corrected chi connectivity index (χ0v) is 14.1. The lowest BCUT2D eigenvalue weighted by atomic mass is 10.1. The number of sulfonamides is 1. The molecule has 0 bridgehead atoms. The van der Waals surface area contributed by atoms with Crippen molar-refractivity contribution in [2.45, 2.75) is 43.2 Å². The molecule has 6 heteroatoms. The highest BCUT2D eigenvalue weighted by Gasteiger charge is 2.50. The quantitative estimate of drug-likeness (QED) is 0.772. The molecule has 2 heterocycles. The summed E-state index contributed by atoms with van der Waals surface area (Å²) >= 11 is 0. The maximum atomic E-state index is 12.9. The minimum Gasteiger partial charge on any atom is -0.334 e. The largest absolute Gasteiger partial charge is 0.334 e. The molecule has 124 valence electrons. The van der Waals surface area contributed by atoms with Gasteiger partial charge in [-0.25, -0.2) is 8.42 Å². The van der Waals surface area contributed by atoms with Crippen LogP contribution < -0.4 is 0 Å². The number of benzene rings is 1. The van der Waals surface area contributed by atoms with E-state index in [0.717, 1.165) is 12.0 Å². The minimum atomic E-state index is -3.55. The minimum absolute atomic E-state index is 0.0149. The van der Waals surface area contributed by atoms with Gasteiger partial charge in [-0.05, 0) is 30.5 Å². The summed E-state index contributed by atoms with van der Waals surface area (Å²) in [4.78, 5) is 14.2. The van der Waals surface area contributed by atoms with E-state index in [9.17, 15) is 13.2 Å². The van der Waals surface area contributed by atoms with Gasteiger partial charge in [-0.15, -0.1) is 6.58 Å². The van der Waals surface area contributed by atoms with Crippen molar-refractivity contribution in [3.05, 3.63) is 42.5 Å². The van der Waals surface area contributed by atoms with E-state index in [1.165, 1.54) is 4.31 Å². The fraction of sp³-hybridized carbons (Fsp3) is 0.471. The molecule has 2 aliphatic heterocycles. The average molecular weight is 334 g/mol. The van der Waals surface area contributed by atoms with Gasteiger partial charge in [0.1, 0.15) is 0 Å². The number of fused-ring (bicyclic) bond motifs is 1. The van der Waals surface area contributed by atoms with E-state index in [2.05, 4.69) is 6.58 Å². The van der Waals surface area contributed by atoms with Gasteiger partial charge in [-0.3, -0.25) is 4.79 Å². The van der Waals surface area contributed by atoms with E-state index in [1.807, 2.05) is 19.1 Å². The molecule has 2 fully saturated rings. The highest BCUT2D eigenvalue weighted by atomic mass is 32.2. The predicted molar refractivity (Wildman–Crippen MR) is 88.4 cm³/mol. The molecule has 2 aliphatic rings. The molecule has 23 heavy (non-hydrogen) atoms. The van der Waals surface area contributed by atoms with Crippen molar-refractivity contribution in [2.24, 2.45) is 0 Å². The summed E-state index contributed by atoms with van der Waals surface area (Å²) in [6.07, 6.45) is 3.53. The SMILES string of the molecule is C=CCN1C(=O)C[C@H]2[C@H]1CCN2S(=O)(=O)c1ccc(CC)cc1. The zero-order valence-electron chi connectivity index (χ0n) is 13.3. The number of hydrogen-bond acceptors (Lipinski definition) is 3. The van der Waals surface area contributed by atoms with E-state index in [1.54, 1.807) is 23.1 Å². The van der Waals surface area contributed by atoms with Crippen molar-refractivity contribution in [1.82, 2.24) is 9.21 Å². The lowest BCUT2D eigenvalue weighted by molar-refractivity contribution is -0.128. The molecule has 0 spiro atoms. The summed E-state index contributed by atoms with van der Waals surface area (Å²) < 4.78 is 27.4. The third-order valence-electron chi connectivity index (χ3n) is 4.83. The highest BCUT2D eigenvalue weighted by Crippen LogP contribution is 2.36. The van der Waals surface area contributed by atoms with Crippen LogP contribution in [0.4, 0.5) is 0 Å². The van der Waals surface area contributed by atoms with E-state index in [4.69, 9.17) is 0 Å². The van der Waals surface area contributed by atoms with Crippen LogP contribution in [0.25, 0.3) is 0 Å². The van der Waals surface area contributed by atoms with Crippen LogP contribution in [-0.4, -0.2) is 48.7 Å². The Balaban J connectivity index is 1.87. The number of nitrogens with zero attached hydrogens (tertiary/aromatic N) is 2. The second kappa shape index (κ2) is 6.09. The summed E-state index contributed by atoms with van der Waals surface area (Å²) in [7, 11) is -3.55. The van der Waals surface area contributed by atoms with E-state index in [-0.39, 0.29) is 24.4 Å². The summed E-state index contributed by atoms with van der Waals surface area (Å²) in [6, 6.07) is 6.76. The van der Waals surface area contributed by atoms with Crippen LogP contribution in [0.2, 0.25) is 0 Å². The van der Waals surface area contributed by atoms with Crippen LogP contribution in [0, 0.1) is 0 Å². The molecule has 0 saturated carbocycles. The molecule has 0 aliphatic carbocycles. The van der Waals surface area contributed by atoms with Gasteiger partial charge < -0.3 is 4.90 Å². The van der Waals surface area contributed by atoms with Crippen molar-refractivity contribution in [3.63, 3.8) is 0 Å². The Morgan fingerprint density at radius 1 is 1.26 bits per heavy atom. The number of rotatable bonds is 5. The summed E-state index contributed by atoms with van der Waals surface area (Å²) in [6.45, 7) is 6.66. The summed E-state index contributed by atoms with van der Waals surface area (Å²) in [5, 5.41) is 0. The zero-order chi connectivity index (χ0) is 16.6. The van der Waals surface area contributed by atoms with Crippen LogP contribution in [-0.2, 0) is 21.2 Å². The second-order valence-corrected chi connectivity index (χ2v) is 7.97. The Hall–Kier alpha value is -1.66. The molecule has 3 rings (SSSR count). The highest BCUT2D eigenvalue weighted by molar-refractivity contribution is 7.89. The maximum absolute atomic E-state index is 12.9. The first-order valence-corrected chi connectivity index (χ1v) is 9.44. The van der Waals surface area contributed by atoms with Gasteiger partial charge in [0.2, 0.25) is 15.9 Å². The van der Waals surface area contributed by atoms with Crippen LogP contribution in [0.1, 0.15) is 25.3 Å². The second-order valence-electron chi connectivity index (χ2n) is 6.08. The molecule has 1 aromatic carbocycles. The maximum Gasteiger partial charge on any atom is 0.243 e. The number of carbonyl (C=O) groups excluding carboxylic acids is 1. The number of aryl methyl sites for hydroxylation is 1. The fourth-order valence-electron chi connectivity index (χ4n) is 3.60. The number of carbonyl (C=O) groups is 1. The third-order valence-corrected chi connectivity index (χ3v) is 6.77. The number of amides is 1. The van der Waals surface area contributed by atoms with Crippen LogP contribution in [0.5, 0.6) is 0 Å². The smallest absolute Gasteiger partial charge is 0.243 e. The van der Waals surface area contributed by atoms with Gasteiger partial charge in [0, 0.05) is 19.5 Å². The molecule has 1 amide bonds. The van der Waals surface area contributed by atoms with Crippen molar-refractivity contribution in [2.75, 3.05) is 13.1 Å². The van der Waals surface area contributed by atoms with E-state index in [0.29, 0.717) is 24.4 Å². The standard InChI is InChI=1S/C17H22N2O3S/c1-3-10-18-15-9-11-19(16(15)12-17(18)20)23(21,22)14-7-5-13(4-2)6-8-14/h3,5-8,15-16H,1,4,9-12H2,2H3/t15-,16+/m1/s1. The monoisotopic (exact) mass is 334 g/mol. The molecule has 2 atom stereocenters. The Kier molecular flexibility index (Phi) is 4.29. The normalized spacial score (nSPS) is 24.9. The van der Waals surface area contributed by atoms with Crippen LogP contribution in [0.3, 0.4) is 0 Å². The topological polar surface area (TPSA) is 57.7 Å². The van der Waals surface area contributed by atoms with Crippen molar-refractivity contribution in [1.29, 1.82) is 0 Å². The number of hydrogen-bond donors (Lipinski definition) is 0. The van der Waals surface area contributed by atoms with E-state index < -0.39 is 10.0 Å². The first-order valence-electron chi connectivity index (χ1n) is 8.00. The lowest BCUT2D eigenvalue weighted by Crippen LogP contribution is -2.39. The Bertz CT molecular complexity index is 712. The molecule has 1 aromatic rings. The van der Waals surface area contributed by atoms with Gasteiger partial charge >= 0.3 is 0 Å². The Labute approximate surface area is 137 Å². The molecule has 0 radical (unpaired) electrons. The van der Waals surface area contributed by atoms with Crippen molar-refractivity contribution < 1.29 is 13.2 Å². The predicted octanol–water partition coefficient (Wildman–Crippen LogP) is 1.80. The van der Waals surface area contributed by atoms with Crippen molar-refractivity contribution in [3.8, 4) is 0 Å². The molecular weight excluding hydrogens is 312 g/mol. The van der Waals surface area contributed by atoms with Gasteiger partial charge in [-0.1, -0.05) is 25.1 Å². The first kappa shape index (κ1) is 16.2. The first-order chi connectivity index (χ1) is 11.0. The summed E-state index contributed by atoms with van der Waals surface area (Å²) in [5.41, 5.74) is 1.11. The Morgan fingerprint density at radius 3 is 2.57 bits per heavy atom. The van der Waals surface area contributed by atoms with Crippen molar-refractivity contribution >= 4 is 15.9 Å². The fourth-order valence-corrected chi connectivity index (χ4v) is 5.27. The number of likely N-dealkylation sites (tertiary alicyclic amines) is 1. The average Bonchev–Trinajstić information content (AvgIpc) is 3.08. The van der Waals surface area contributed by atoms with Gasteiger partial charge in [0.15, 0.2) is 0 Å². The van der Waals surface area contributed by atoms with Crippen LogP contribution in [0.15, 0.2) is 41.8 Å². The van der Waals surface area contributed by atoms with E-state index >= 15 is 0 Å². The molecule has 0 N–H and O–H groups in total. The molecular formula is C17H22N2O3S. The molecule has 5 nitrogen and oxygen atoms in total. The van der Waals surface area contributed by atoms with Crippen LogP contribution >= 0.6 is 0 Å².